The van der Waals surface area contributed by atoms with E-state index in [4.69, 9.17) is 0 Å². The second-order valence-corrected chi connectivity index (χ2v) is 6.35. The normalized spacial score (nSPS) is 15.9. The average molecular weight is 302 g/mol. The SMILES string of the molecule is C(=C1CCN(Cc2ccccc2)CC1)c1c[nH]c2ccccc12. The number of likely N-dealkylation sites (tertiary alicyclic amines) is 1. The topological polar surface area (TPSA) is 19.0 Å². The Labute approximate surface area is 137 Å². The number of nitrogens with one attached hydrogen (secondary N) is 1. The molecule has 1 N–H and O–H groups in total. The molecule has 1 saturated heterocycles. The highest BCUT2D eigenvalue weighted by Crippen LogP contribution is 2.25. The van der Waals surface area contributed by atoms with E-state index in [1.54, 1.807) is 5.57 Å². The van der Waals surface area contributed by atoms with Crippen LogP contribution in [0.5, 0.6) is 0 Å². The maximum absolute atomic E-state index is 3.36. The van der Waals surface area contributed by atoms with Gasteiger partial charge in [-0.3, -0.25) is 4.90 Å². The zero-order valence-corrected chi connectivity index (χ0v) is 13.3. The zero-order chi connectivity index (χ0) is 15.5. The standard InChI is InChI=1S/C21H22N2/c1-2-6-18(7-3-1)16-23-12-10-17(11-13-23)14-19-15-22-21-9-5-4-8-20(19)21/h1-9,14-15,22H,10-13,16H2. The number of rotatable bonds is 3. The third kappa shape index (κ3) is 3.22. The molecule has 2 heterocycles. The lowest BCUT2D eigenvalue weighted by molar-refractivity contribution is 0.249. The van der Waals surface area contributed by atoms with Crippen molar-refractivity contribution >= 4 is 17.0 Å². The molecule has 0 aliphatic carbocycles. The highest BCUT2D eigenvalue weighted by Gasteiger charge is 2.14. The summed E-state index contributed by atoms with van der Waals surface area (Å²) in [4.78, 5) is 5.92. The highest BCUT2D eigenvalue weighted by atomic mass is 15.1. The van der Waals surface area contributed by atoms with Gasteiger partial charge in [-0.05, 0) is 30.0 Å². The first-order valence-corrected chi connectivity index (χ1v) is 8.40. The van der Waals surface area contributed by atoms with Gasteiger partial charge in [0.2, 0.25) is 0 Å². The van der Waals surface area contributed by atoms with Gasteiger partial charge in [-0.25, -0.2) is 0 Å². The van der Waals surface area contributed by atoms with Gasteiger partial charge in [0.25, 0.3) is 0 Å². The summed E-state index contributed by atoms with van der Waals surface area (Å²) in [5.74, 6) is 0. The van der Waals surface area contributed by atoms with Crippen molar-refractivity contribution in [3.63, 3.8) is 0 Å². The van der Waals surface area contributed by atoms with Crippen LogP contribution in [0.1, 0.15) is 24.0 Å². The predicted molar refractivity (Wildman–Crippen MR) is 97.2 cm³/mol. The van der Waals surface area contributed by atoms with E-state index in [0.717, 1.165) is 19.6 Å². The molecule has 2 nitrogen and oxygen atoms in total. The summed E-state index contributed by atoms with van der Waals surface area (Å²) in [5.41, 5.74) is 5.53. The summed E-state index contributed by atoms with van der Waals surface area (Å²) in [6.07, 6.45) is 6.87. The summed E-state index contributed by atoms with van der Waals surface area (Å²) >= 11 is 0. The smallest absolute Gasteiger partial charge is 0.0460 e. The van der Waals surface area contributed by atoms with E-state index >= 15 is 0 Å². The molecule has 1 aliphatic heterocycles. The number of aromatic nitrogens is 1. The van der Waals surface area contributed by atoms with Crippen molar-refractivity contribution in [3.05, 3.63) is 77.5 Å². The largest absolute Gasteiger partial charge is 0.361 e. The lowest BCUT2D eigenvalue weighted by atomic mass is 10.00. The molecule has 0 radical (unpaired) electrons. The molecule has 116 valence electrons. The molecule has 0 unspecified atom stereocenters. The number of piperidine rings is 1. The Kier molecular flexibility index (Phi) is 3.99. The van der Waals surface area contributed by atoms with Gasteiger partial charge in [0.05, 0.1) is 0 Å². The number of hydrogen-bond donors (Lipinski definition) is 1. The number of fused-ring (bicyclic) bond motifs is 1. The van der Waals surface area contributed by atoms with Crippen LogP contribution in [0.25, 0.3) is 17.0 Å². The Bertz CT molecular complexity index is 804. The maximum Gasteiger partial charge on any atom is 0.0460 e. The van der Waals surface area contributed by atoms with E-state index in [1.807, 2.05) is 0 Å². The Hall–Kier alpha value is -2.32. The van der Waals surface area contributed by atoms with Crippen molar-refractivity contribution in [3.8, 4) is 0 Å². The van der Waals surface area contributed by atoms with Gasteiger partial charge < -0.3 is 4.98 Å². The molecule has 1 aromatic heterocycles. The van der Waals surface area contributed by atoms with Crippen LogP contribution in [-0.2, 0) is 6.54 Å². The quantitative estimate of drug-likeness (QED) is 0.733. The van der Waals surface area contributed by atoms with Crippen LogP contribution in [0, 0.1) is 0 Å². The molecule has 0 bridgehead atoms. The zero-order valence-electron chi connectivity index (χ0n) is 13.3. The first kappa shape index (κ1) is 14.3. The Morgan fingerprint density at radius 3 is 2.48 bits per heavy atom. The van der Waals surface area contributed by atoms with Gasteiger partial charge in [-0.2, -0.15) is 0 Å². The van der Waals surface area contributed by atoms with Crippen LogP contribution in [0.2, 0.25) is 0 Å². The first-order valence-electron chi connectivity index (χ1n) is 8.40. The average Bonchev–Trinajstić information content (AvgIpc) is 3.01. The molecule has 4 rings (SSSR count). The molecule has 1 fully saturated rings. The van der Waals surface area contributed by atoms with Crippen LogP contribution < -0.4 is 0 Å². The molecule has 2 heteroatoms. The van der Waals surface area contributed by atoms with E-state index in [9.17, 15) is 0 Å². The van der Waals surface area contributed by atoms with Gasteiger partial charge in [0.15, 0.2) is 0 Å². The number of H-pyrrole nitrogens is 1. The van der Waals surface area contributed by atoms with Gasteiger partial charge in [0.1, 0.15) is 0 Å². The molecule has 1 aliphatic rings. The van der Waals surface area contributed by atoms with Gasteiger partial charge in [-0.15, -0.1) is 0 Å². The van der Waals surface area contributed by atoms with Crippen LogP contribution in [0.3, 0.4) is 0 Å². The van der Waals surface area contributed by atoms with Crippen LogP contribution in [0.15, 0.2) is 66.4 Å². The van der Waals surface area contributed by atoms with Crippen LogP contribution in [-0.4, -0.2) is 23.0 Å². The third-order valence-electron chi connectivity index (χ3n) is 4.73. The van der Waals surface area contributed by atoms with Crippen molar-refractivity contribution in [2.75, 3.05) is 13.1 Å². The number of aromatic amines is 1. The minimum absolute atomic E-state index is 1.07. The second kappa shape index (κ2) is 6.43. The number of hydrogen-bond acceptors (Lipinski definition) is 1. The van der Waals surface area contributed by atoms with Gasteiger partial charge in [0, 0.05) is 36.7 Å². The third-order valence-corrected chi connectivity index (χ3v) is 4.73. The Balaban J connectivity index is 1.43. The monoisotopic (exact) mass is 302 g/mol. The van der Waals surface area contributed by atoms with Crippen molar-refractivity contribution in [2.24, 2.45) is 0 Å². The molecule has 23 heavy (non-hydrogen) atoms. The highest BCUT2D eigenvalue weighted by molar-refractivity contribution is 5.89. The number of benzene rings is 2. The van der Waals surface area contributed by atoms with E-state index in [-0.39, 0.29) is 0 Å². The maximum atomic E-state index is 3.36. The van der Waals surface area contributed by atoms with Gasteiger partial charge in [-0.1, -0.05) is 60.2 Å². The summed E-state index contributed by atoms with van der Waals surface area (Å²) in [6.45, 7) is 3.38. The Morgan fingerprint density at radius 2 is 1.65 bits per heavy atom. The van der Waals surface area contributed by atoms with Gasteiger partial charge >= 0.3 is 0 Å². The molecule has 2 aromatic carbocycles. The summed E-state index contributed by atoms with van der Waals surface area (Å²) in [5, 5.41) is 1.33. The Morgan fingerprint density at radius 1 is 0.913 bits per heavy atom. The number of nitrogens with zero attached hydrogens (tertiary/aromatic N) is 1. The molecular formula is C21H22N2. The van der Waals surface area contributed by atoms with Crippen molar-refractivity contribution in [1.29, 1.82) is 0 Å². The van der Waals surface area contributed by atoms with Crippen LogP contribution >= 0.6 is 0 Å². The summed E-state index contributed by atoms with van der Waals surface area (Å²) in [6, 6.07) is 19.3. The van der Waals surface area contributed by atoms with Crippen molar-refractivity contribution in [2.45, 2.75) is 19.4 Å². The number of para-hydroxylation sites is 1. The minimum atomic E-state index is 1.07. The lowest BCUT2D eigenvalue weighted by Gasteiger charge is -2.28. The molecule has 3 aromatic rings. The molecule has 0 atom stereocenters. The first-order chi connectivity index (χ1) is 11.4. The van der Waals surface area contributed by atoms with E-state index in [1.165, 1.54) is 34.9 Å². The van der Waals surface area contributed by atoms with Crippen molar-refractivity contribution < 1.29 is 0 Å². The van der Waals surface area contributed by atoms with E-state index in [0.29, 0.717) is 0 Å². The predicted octanol–water partition coefficient (Wildman–Crippen LogP) is 4.85. The summed E-state index contributed by atoms with van der Waals surface area (Å²) in [7, 11) is 0. The van der Waals surface area contributed by atoms with E-state index in [2.05, 4.69) is 76.8 Å². The van der Waals surface area contributed by atoms with Crippen LogP contribution in [0.4, 0.5) is 0 Å². The lowest BCUT2D eigenvalue weighted by Crippen LogP contribution is -2.30. The molecular weight excluding hydrogens is 280 g/mol. The van der Waals surface area contributed by atoms with Crippen molar-refractivity contribution in [1.82, 2.24) is 9.88 Å². The minimum Gasteiger partial charge on any atom is -0.361 e. The molecule has 0 saturated carbocycles. The molecule has 0 spiro atoms. The fraction of sp³-hybridized carbons (Fsp3) is 0.238. The fourth-order valence-corrected chi connectivity index (χ4v) is 3.42. The van der Waals surface area contributed by atoms with E-state index < -0.39 is 0 Å². The second-order valence-electron chi connectivity index (χ2n) is 6.35. The molecule has 0 amide bonds. The fourth-order valence-electron chi connectivity index (χ4n) is 3.42. The summed E-state index contributed by atoms with van der Waals surface area (Å²) < 4.78 is 0.